The minimum atomic E-state index is -1.01. The third kappa shape index (κ3) is 1.69. The van der Waals surface area contributed by atoms with Gasteiger partial charge < -0.3 is 14.5 Å². The predicted octanol–water partition coefficient (Wildman–Crippen LogP) is 1.39. The van der Waals surface area contributed by atoms with Crippen molar-refractivity contribution in [3.63, 3.8) is 0 Å². The Balaban J connectivity index is 2.25. The summed E-state index contributed by atoms with van der Waals surface area (Å²) in [6.45, 7) is 5.94. The van der Waals surface area contributed by atoms with E-state index in [9.17, 15) is 4.79 Å². The second-order valence-electron chi connectivity index (χ2n) is 4.21. The first-order chi connectivity index (χ1) is 7.09. The van der Waals surface area contributed by atoms with E-state index in [1.165, 1.54) is 0 Å². The van der Waals surface area contributed by atoms with E-state index in [4.69, 9.17) is 9.63 Å². The third-order valence-corrected chi connectivity index (χ3v) is 2.47. The fourth-order valence-corrected chi connectivity index (χ4v) is 1.91. The van der Waals surface area contributed by atoms with Crippen molar-refractivity contribution in [2.75, 3.05) is 18.0 Å². The Hall–Kier alpha value is -1.52. The molecule has 0 unspecified atom stereocenters. The van der Waals surface area contributed by atoms with Crippen LogP contribution in [-0.2, 0) is 6.42 Å². The van der Waals surface area contributed by atoms with E-state index in [2.05, 4.69) is 23.9 Å². The highest BCUT2D eigenvalue weighted by molar-refractivity contribution is 5.89. The summed E-state index contributed by atoms with van der Waals surface area (Å²) >= 11 is 0. The molecule has 0 aliphatic carbocycles. The van der Waals surface area contributed by atoms with Crippen molar-refractivity contribution < 1.29 is 14.4 Å². The van der Waals surface area contributed by atoms with Crippen molar-refractivity contribution in [1.82, 2.24) is 5.16 Å². The highest BCUT2D eigenvalue weighted by atomic mass is 16.5. The molecule has 0 fully saturated rings. The topological polar surface area (TPSA) is 66.6 Å². The van der Waals surface area contributed by atoms with Gasteiger partial charge in [0.15, 0.2) is 5.69 Å². The average molecular weight is 210 g/mol. The molecule has 0 amide bonds. The largest absolute Gasteiger partial charge is 0.476 e. The van der Waals surface area contributed by atoms with Gasteiger partial charge in [-0.15, -0.1) is 0 Å². The smallest absolute Gasteiger partial charge is 0.358 e. The predicted molar refractivity (Wildman–Crippen MR) is 54.2 cm³/mol. The lowest BCUT2D eigenvalue weighted by Gasteiger charge is -2.17. The minimum Gasteiger partial charge on any atom is -0.476 e. The molecular weight excluding hydrogens is 196 g/mol. The minimum absolute atomic E-state index is 0.0660. The number of rotatable bonds is 3. The Morgan fingerprint density at radius 2 is 2.40 bits per heavy atom. The molecule has 1 aromatic rings. The number of aromatic carboxylic acids is 1. The van der Waals surface area contributed by atoms with Crippen LogP contribution in [0.25, 0.3) is 0 Å². The lowest BCUT2D eigenvalue weighted by Crippen LogP contribution is -2.25. The van der Waals surface area contributed by atoms with Crippen LogP contribution in [0.1, 0.15) is 29.9 Å². The molecule has 0 bridgehead atoms. The normalized spacial score (nSPS) is 14.7. The summed E-state index contributed by atoms with van der Waals surface area (Å²) in [6, 6.07) is 0. The summed E-state index contributed by atoms with van der Waals surface area (Å²) in [4.78, 5) is 12.9. The quantitative estimate of drug-likeness (QED) is 0.816. The van der Waals surface area contributed by atoms with Gasteiger partial charge in [0.05, 0.1) is 5.56 Å². The lowest BCUT2D eigenvalue weighted by atomic mass is 10.2. The number of carboxylic acid groups (broad SMARTS) is 1. The fraction of sp³-hybridized carbons (Fsp3) is 0.600. The van der Waals surface area contributed by atoms with Crippen LogP contribution in [0.15, 0.2) is 4.52 Å². The Bertz CT molecular complexity index is 384. The SMILES string of the molecule is CC(C)CN1CCc2c(C(=O)O)noc21. The van der Waals surface area contributed by atoms with Crippen LogP contribution in [0.2, 0.25) is 0 Å². The molecule has 2 heterocycles. The van der Waals surface area contributed by atoms with Gasteiger partial charge in [-0.3, -0.25) is 0 Å². The van der Waals surface area contributed by atoms with Gasteiger partial charge in [-0.2, -0.15) is 0 Å². The number of hydrogen-bond acceptors (Lipinski definition) is 4. The molecule has 1 aromatic heterocycles. The van der Waals surface area contributed by atoms with Gasteiger partial charge in [-0.1, -0.05) is 19.0 Å². The zero-order chi connectivity index (χ0) is 11.0. The van der Waals surface area contributed by atoms with E-state index in [1.54, 1.807) is 0 Å². The standard InChI is InChI=1S/C10H14N2O3/c1-6(2)5-12-4-3-7-8(10(13)14)11-15-9(7)12/h6H,3-5H2,1-2H3,(H,13,14). The van der Waals surface area contributed by atoms with Gasteiger partial charge in [0.25, 0.3) is 0 Å². The maximum atomic E-state index is 10.8. The molecule has 5 heteroatoms. The molecule has 15 heavy (non-hydrogen) atoms. The Morgan fingerprint density at radius 3 is 3.00 bits per heavy atom. The van der Waals surface area contributed by atoms with Gasteiger partial charge in [0, 0.05) is 13.1 Å². The molecule has 0 saturated carbocycles. The van der Waals surface area contributed by atoms with Crippen LogP contribution >= 0.6 is 0 Å². The second-order valence-corrected chi connectivity index (χ2v) is 4.21. The highest BCUT2D eigenvalue weighted by Crippen LogP contribution is 2.31. The van der Waals surface area contributed by atoms with E-state index >= 15 is 0 Å². The number of aromatic nitrogens is 1. The Kier molecular flexibility index (Phi) is 2.38. The molecule has 0 radical (unpaired) electrons. The van der Waals surface area contributed by atoms with E-state index < -0.39 is 5.97 Å². The Morgan fingerprint density at radius 1 is 1.67 bits per heavy atom. The van der Waals surface area contributed by atoms with Crippen molar-refractivity contribution >= 4 is 11.9 Å². The monoisotopic (exact) mass is 210 g/mol. The summed E-state index contributed by atoms with van der Waals surface area (Å²) in [5.41, 5.74) is 0.805. The highest BCUT2D eigenvalue weighted by Gasteiger charge is 2.30. The average Bonchev–Trinajstić information content (AvgIpc) is 2.66. The van der Waals surface area contributed by atoms with E-state index in [0.717, 1.165) is 18.7 Å². The van der Waals surface area contributed by atoms with E-state index in [1.807, 2.05) is 0 Å². The van der Waals surface area contributed by atoms with E-state index in [0.29, 0.717) is 18.2 Å². The van der Waals surface area contributed by atoms with Crippen molar-refractivity contribution in [3.05, 3.63) is 11.3 Å². The number of hydrogen-bond donors (Lipinski definition) is 1. The van der Waals surface area contributed by atoms with Crippen LogP contribution in [0.5, 0.6) is 0 Å². The van der Waals surface area contributed by atoms with Crippen molar-refractivity contribution in [3.8, 4) is 0 Å². The number of carboxylic acids is 1. The maximum absolute atomic E-state index is 10.8. The van der Waals surface area contributed by atoms with Crippen molar-refractivity contribution in [2.24, 2.45) is 5.92 Å². The summed E-state index contributed by atoms with van der Waals surface area (Å²) in [5, 5.41) is 12.4. The van der Waals surface area contributed by atoms with Gasteiger partial charge >= 0.3 is 5.97 Å². The van der Waals surface area contributed by atoms with Gasteiger partial charge in [0.1, 0.15) is 0 Å². The zero-order valence-corrected chi connectivity index (χ0v) is 8.86. The number of carbonyl (C=O) groups is 1. The number of fused-ring (bicyclic) bond motifs is 1. The number of nitrogens with zero attached hydrogens (tertiary/aromatic N) is 2. The summed E-state index contributed by atoms with van der Waals surface area (Å²) < 4.78 is 5.08. The molecule has 0 spiro atoms. The maximum Gasteiger partial charge on any atom is 0.358 e. The second kappa shape index (κ2) is 3.56. The van der Waals surface area contributed by atoms with Crippen molar-refractivity contribution in [2.45, 2.75) is 20.3 Å². The fourth-order valence-electron chi connectivity index (χ4n) is 1.91. The molecule has 1 N–H and O–H groups in total. The Labute approximate surface area is 87.7 Å². The summed E-state index contributed by atoms with van der Waals surface area (Å²) in [7, 11) is 0. The molecule has 0 aromatic carbocycles. The van der Waals surface area contributed by atoms with Gasteiger partial charge in [0.2, 0.25) is 5.88 Å². The van der Waals surface area contributed by atoms with Crippen LogP contribution in [0.4, 0.5) is 5.88 Å². The molecule has 5 nitrogen and oxygen atoms in total. The van der Waals surface area contributed by atoms with Crippen LogP contribution in [0.3, 0.4) is 0 Å². The summed E-state index contributed by atoms with van der Waals surface area (Å²) in [5.74, 6) is 0.154. The van der Waals surface area contributed by atoms with Crippen LogP contribution in [-0.4, -0.2) is 29.3 Å². The zero-order valence-electron chi connectivity index (χ0n) is 8.86. The molecule has 1 aliphatic heterocycles. The molecule has 1 aliphatic rings. The van der Waals surface area contributed by atoms with Crippen LogP contribution < -0.4 is 4.90 Å². The molecule has 82 valence electrons. The first-order valence-electron chi connectivity index (χ1n) is 5.06. The van der Waals surface area contributed by atoms with Crippen LogP contribution in [0, 0.1) is 5.92 Å². The lowest BCUT2D eigenvalue weighted by molar-refractivity contribution is 0.0684. The summed E-state index contributed by atoms with van der Waals surface area (Å²) in [6.07, 6.45) is 0.715. The molecule has 0 atom stereocenters. The molecular formula is C10H14N2O3. The van der Waals surface area contributed by atoms with Crippen molar-refractivity contribution in [1.29, 1.82) is 0 Å². The first-order valence-corrected chi connectivity index (χ1v) is 5.06. The number of anilines is 1. The molecule has 0 saturated heterocycles. The third-order valence-electron chi connectivity index (χ3n) is 2.47. The van der Waals surface area contributed by atoms with Gasteiger partial charge in [-0.25, -0.2) is 4.79 Å². The first kappa shape index (κ1) is 10.0. The van der Waals surface area contributed by atoms with E-state index in [-0.39, 0.29) is 5.69 Å². The van der Waals surface area contributed by atoms with Gasteiger partial charge in [-0.05, 0) is 12.3 Å². The molecule has 2 rings (SSSR count).